The summed E-state index contributed by atoms with van der Waals surface area (Å²) in [6, 6.07) is 4.63. The number of pyridine rings is 1. The maximum Gasteiger partial charge on any atom is 0.534 e. The van der Waals surface area contributed by atoms with Gasteiger partial charge in [0.2, 0.25) is 5.88 Å². The number of aryl methyl sites for hydroxylation is 1. The Kier molecular flexibility index (Phi) is 6.24. The molecule has 0 aliphatic rings. The Hall–Kier alpha value is -1.98. The zero-order valence-electron chi connectivity index (χ0n) is 11.7. The first-order chi connectivity index (χ1) is 10.7. The molecular formula is C12H10F3N3O3S2. The van der Waals surface area contributed by atoms with Gasteiger partial charge < -0.3 is 4.18 Å². The van der Waals surface area contributed by atoms with Crippen LogP contribution < -0.4 is 4.18 Å². The van der Waals surface area contributed by atoms with E-state index in [4.69, 9.17) is 10.5 Å². The van der Waals surface area contributed by atoms with Gasteiger partial charge in [-0.25, -0.2) is 4.98 Å². The monoisotopic (exact) mass is 365 g/mol. The summed E-state index contributed by atoms with van der Waals surface area (Å²) >= 11 is 0.809. The second kappa shape index (κ2) is 7.53. The molecule has 0 aliphatic heterocycles. The normalized spacial score (nSPS) is 11.6. The molecule has 0 spiro atoms. The van der Waals surface area contributed by atoms with Crippen LogP contribution in [0.2, 0.25) is 0 Å². The van der Waals surface area contributed by atoms with Crippen LogP contribution >= 0.6 is 11.8 Å². The fourth-order valence-electron chi connectivity index (χ4n) is 1.54. The number of hydrogen-bond acceptors (Lipinski definition) is 7. The number of halogens is 3. The molecule has 124 valence electrons. The van der Waals surface area contributed by atoms with E-state index in [0.717, 1.165) is 17.8 Å². The molecule has 0 bridgehead atoms. The van der Waals surface area contributed by atoms with Gasteiger partial charge in [-0.15, -0.1) is 0 Å². The van der Waals surface area contributed by atoms with E-state index in [2.05, 4.69) is 9.17 Å². The summed E-state index contributed by atoms with van der Waals surface area (Å²) < 4.78 is 63.2. The van der Waals surface area contributed by atoms with Crippen molar-refractivity contribution in [3.8, 4) is 18.0 Å². The van der Waals surface area contributed by atoms with Gasteiger partial charge in [0.1, 0.15) is 11.1 Å². The van der Waals surface area contributed by atoms with Crippen molar-refractivity contribution in [3.63, 3.8) is 0 Å². The second-order valence-electron chi connectivity index (χ2n) is 4.09. The van der Waals surface area contributed by atoms with Crippen LogP contribution in [-0.2, 0) is 16.5 Å². The average molecular weight is 365 g/mol. The number of alkyl halides is 3. The standard InChI is InChI=1S/C12H10F3N3O3S2/c1-2-3-8-6-10(21-23(19,20)12(13,14)15)18-11(9(8)7-17)22-5-4-16/h6H,2-3,5H2,1H3. The average Bonchev–Trinajstić information content (AvgIpc) is 2.43. The van der Waals surface area contributed by atoms with Crippen LogP contribution in [0.1, 0.15) is 24.5 Å². The zero-order valence-corrected chi connectivity index (χ0v) is 13.3. The van der Waals surface area contributed by atoms with E-state index >= 15 is 0 Å². The van der Waals surface area contributed by atoms with E-state index in [-0.39, 0.29) is 16.3 Å². The number of nitrogens with zero attached hydrogens (tertiary/aromatic N) is 3. The van der Waals surface area contributed by atoms with E-state index in [9.17, 15) is 21.6 Å². The molecule has 0 unspecified atom stereocenters. The lowest BCUT2D eigenvalue weighted by molar-refractivity contribution is -0.0501. The van der Waals surface area contributed by atoms with Crippen molar-refractivity contribution in [2.75, 3.05) is 5.75 Å². The molecule has 1 aromatic rings. The first-order valence-electron chi connectivity index (χ1n) is 6.10. The third-order valence-corrected chi connectivity index (χ3v) is 4.23. The molecule has 6 nitrogen and oxygen atoms in total. The van der Waals surface area contributed by atoms with E-state index < -0.39 is 21.5 Å². The van der Waals surface area contributed by atoms with Gasteiger partial charge in [0.25, 0.3) is 0 Å². The van der Waals surface area contributed by atoms with Gasteiger partial charge in [-0.3, -0.25) is 0 Å². The van der Waals surface area contributed by atoms with Gasteiger partial charge >= 0.3 is 15.6 Å². The maximum absolute atomic E-state index is 12.4. The van der Waals surface area contributed by atoms with Crippen LogP contribution in [0.3, 0.4) is 0 Å². The summed E-state index contributed by atoms with van der Waals surface area (Å²) in [5, 5.41) is 17.7. The lowest BCUT2D eigenvalue weighted by Crippen LogP contribution is -2.28. The van der Waals surface area contributed by atoms with Gasteiger partial charge in [0, 0.05) is 6.07 Å². The molecule has 1 heterocycles. The second-order valence-corrected chi connectivity index (χ2v) is 6.59. The third-order valence-electron chi connectivity index (χ3n) is 2.43. The molecule has 23 heavy (non-hydrogen) atoms. The topological polar surface area (TPSA) is 104 Å². The van der Waals surface area contributed by atoms with Crippen molar-refractivity contribution < 1.29 is 25.8 Å². The number of hydrogen-bond donors (Lipinski definition) is 0. The van der Waals surface area contributed by atoms with E-state index in [1.165, 1.54) is 0 Å². The fourth-order valence-corrected chi connectivity index (χ4v) is 2.62. The fraction of sp³-hybridized carbons (Fsp3) is 0.417. The molecule has 0 fully saturated rings. The molecule has 0 aromatic carbocycles. The minimum atomic E-state index is -5.86. The Bertz CT molecular complexity index is 765. The molecule has 0 atom stereocenters. The third kappa shape index (κ3) is 4.74. The predicted octanol–water partition coefficient (Wildman–Crippen LogP) is 2.75. The van der Waals surface area contributed by atoms with E-state index in [0.29, 0.717) is 18.4 Å². The van der Waals surface area contributed by atoms with Crippen LogP contribution in [0, 0.1) is 22.7 Å². The lowest BCUT2D eigenvalue weighted by atomic mass is 10.1. The largest absolute Gasteiger partial charge is 0.534 e. The first kappa shape index (κ1) is 19.1. The maximum atomic E-state index is 12.4. The highest BCUT2D eigenvalue weighted by molar-refractivity contribution is 7.99. The molecule has 0 N–H and O–H groups in total. The van der Waals surface area contributed by atoms with Crippen LogP contribution in [0.25, 0.3) is 0 Å². The van der Waals surface area contributed by atoms with Crippen molar-refractivity contribution >= 4 is 21.9 Å². The minimum Gasteiger partial charge on any atom is -0.355 e. The molecule has 0 saturated carbocycles. The van der Waals surface area contributed by atoms with Gasteiger partial charge in [0.05, 0.1) is 17.4 Å². The Morgan fingerprint density at radius 2 is 2.04 bits per heavy atom. The molecule has 1 rings (SSSR count). The van der Waals surface area contributed by atoms with Crippen molar-refractivity contribution in [1.29, 1.82) is 10.5 Å². The van der Waals surface area contributed by atoms with Gasteiger partial charge in [-0.05, 0) is 12.0 Å². The molecule has 11 heteroatoms. The van der Waals surface area contributed by atoms with Crippen molar-refractivity contribution in [1.82, 2.24) is 4.98 Å². The van der Waals surface area contributed by atoms with Crippen molar-refractivity contribution in [3.05, 3.63) is 17.2 Å². The number of thioether (sulfide) groups is 1. The Morgan fingerprint density at radius 3 is 2.52 bits per heavy atom. The quantitative estimate of drug-likeness (QED) is 0.434. The van der Waals surface area contributed by atoms with E-state index in [1.54, 1.807) is 13.0 Å². The van der Waals surface area contributed by atoms with Crippen LogP contribution in [0.15, 0.2) is 11.1 Å². The summed E-state index contributed by atoms with van der Waals surface area (Å²) in [4.78, 5) is 3.61. The summed E-state index contributed by atoms with van der Waals surface area (Å²) in [5.41, 5.74) is -5.20. The minimum absolute atomic E-state index is 0.0487. The Balaban J connectivity index is 3.37. The number of nitriles is 2. The molecule has 0 radical (unpaired) electrons. The van der Waals surface area contributed by atoms with Crippen LogP contribution in [0.5, 0.6) is 5.88 Å². The highest BCUT2D eigenvalue weighted by Crippen LogP contribution is 2.31. The SMILES string of the molecule is CCCc1cc(OS(=O)(=O)C(F)(F)F)nc(SCC#N)c1C#N. The highest BCUT2D eigenvalue weighted by Gasteiger charge is 2.49. The molecule has 0 saturated heterocycles. The first-order valence-corrected chi connectivity index (χ1v) is 8.50. The molecule has 0 amide bonds. The molecule has 0 aliphatic carbocycles. The summed E-state index contributed by atoms with van der Waals surface area (Å²) in [6.07, 6.45) is 0.875. The lowest BCUT2D eigenvalue weighted by Gasteiger charge is -2.12. The summed E-state index contributed by atoms with van der Waals surface area (Å²) in [6.45, 7) is 1.77. The highest BCUT2D eigenvalue weighted by atomic mass is 32.2. The Morgan fingerprint density at radius 1 is 1.39 bits per heavy atom. The number of aromatic nitrogens is 1. The van der Waals surface area contributed by atoms with Gasteiger partial charge in [0.15, 0.2) is 0 Å². The van der Waals surface area contributed by atoms with Crippen molar-refractivity contribution in [2.45, 2.75) is 30.3 Å². The number of rotatable bonds is 6. The van der Waals surface area contributed by atoms with Crippen LogP contribution in [-0.4, -0.2) is 24.7 Å². The van der Waals surface area contributed by atoms with Gasteiger partial charge in [-0.2, -0.15) is 32.1 Å². The summed E-state index contributed by atoms with van der Waals surface area (Å²) in [7, 11) is -5.86. The predicted molar refractivity (Wildman–Crippen MR) is 74.9 cm³/mol. The van der Waals surface area contributed by atoms with Gasteiger partial charge in [-0.1, -0.05) is 25.1 Å². The van der Waals surface area contributed by atoms with E-state index in [1.807, 2.05) is 6.07 Å². The smallest absolute Gasteiger partial charge is 0.355 e. The Labute approximate surface area is 135 Å². The molecule has 1 aromatic heterocycles. The summed E-state index contributed by atoms with van der Waals surface area (Å²) in [5.74, 6) is -0.895. The zero-order chi connectivity index (χ0) is 17.7. The van der Waals surface area contributed by atoms with Crippen molar-refractivity contribution in [2.24, 2.45) is 0 Å². The van der Waals surface area contributed by atoms with Crippen LogP contribution in [0.4, 0.5) is 13.2 Å². The molecular weight excluding hydrogens is 355 g/mol.